The van der Waals surface area contributed by atoms with Gasteiger partial charge in [0.05, 0.1) is 70.0 Å². The molecule has 1 aliphatic heterocycles. The number of hydrogen-bond acceptors (Lipinski definition) is 12. The number of fused-ring (bicyclic) bond motifs is 4. The van der Waals surface area contributed by atoms with Gasteiger partial charge in [-0.25, -0.2) is 43.1 Å². The first-order valence-corrected chi connectivity index (χ1v) is 19.4. The Morgan fingerprint density at radius 2 is 0.938 bits per heavy atom. The summed E-state index contributed by atoms with van der Waals surface area (Å²) in [5.41, 5.74) is 8.79. The third kappa shape index (κ3) is 13.5. The van der Waals surface area contributed by atoms with Crippen molar-refractivity contribution < 1.29 is 151 Å². The number of rotatable bonds is 3. The number of aromatic nitrogens is 12. The third-order valence-corrected chi connectivity index (χ3v) is 10.0. The molecule has 0 bridgehead atoms. The molecule has 9 rings (SSSR count). The molecule has 1 aliphatic rings. The maximum Gasteiger partial charge on any atom is 1.00 e. The first-order chi connectivity index (χ1) is 29.3. The molecule has 16 nitrogen and oxygen atoms in total. The van der Waals surface area contributed by atoms with Crippen LogP contribution < -0.4 is 120 Å². The summed E-state index contributed by atoms with van der Waals surface area (Å²) in [6.07, 6.45) is 6.84. The number of hydrogen-bond donors (Lipinski definition) is 2. The summed E-state index contributed by atoms with van der Waals surface area (Å²) >= 11 is 0. The second-order valence-electron chi connectivity index (χ2n) is 16.0. The monoisotopic (exact) mass is 961 g/mol. The van der Waals surface area contributed by atoms with E-state index in [0.29, 0.717) is 22.6 Å². The molecule has 0 saturated carbocycles. The van der Waals surface area contributed by atoms with Crippen molar-refractivity contribution in [1.82, 2.24) is 58.4 Å². The molecule has 0 radical (unpaired) electrons. The molecular formula is C38H48B3F6K2N12O4+. The van der Waals surface area contributed by atoms with Crippen LogP contribution in [0.15, 0.2) is 49.1 Å². The Hall–Kier alpha value is -2.63. The fourth-order valence-corrected chi connectivity index (χ4v) is 6.38. The van der Waals surface area contributed by atoms with E-state index in [-0.39, 0.29) is 122 Å². The second-order valence-corrected chi connectivity index (χ2v) is 16.0. The van der Waals surface area contributed by atoms with Crippen molar-refractivity contribution >= 4 is 60.6 Å². The standard InChI is InChI=1S/C14H20BN3O2.C8H8BF3N3.C8H10BN3O2.C8H8FN3.F2.2K.H/c1-9-7-11(17-18-8-10(2)16-12(9)18)15-19-13(3,4)14(5,6)20-15;1-5-3-7(9(10,11)12)14-15-4-6(2)13-8(5)15;1-5-3-7(9(13)14)11-12-4-6(2)10-8(5)12;1-5-3-7(9)11-12-4-6(2)10-8(5)12;1-2;;;/h7-8H,1-6H3;3-4H,1-2H3;3-4,13-14H,1-2H3;3-4H,1-2H3;;;;/q;-1;;;;2*+1;-1/p+1. The van der Waals surface area contributed by atoms with Gasteiger partial charge < -0.3 is 33.7 Å². The van der Waals surface area contributed by atoms with Gasteiger partial charge in [0.2, 0.25) is 5.95 Å². The van der Waals surface area contributed by atoms with Crippen LogP contribution in [0.25, 0.3) is 22.6 Å². The maximum absolute atomic E-state index is 12.7. The van der Waals surface area contributed by atoms with Crippen LogP contribution in [0.5, 0.6) is 0 Å². The molecule has 65 heavy (non-hydrogen) atoms. The molecule has 0 atom stereocenters. The minimum atomic E-state index is -5.06. The zero-order chi connectivity index (χ0) is 46.9. The SMILES string of the molecule is Cc1cn2nc(B(O)O)cc(C)c2n1.Cc1cn2nc(B3OC(C)(C)C(C)(C)O3)cc(C)c2n1.Cc1cn2nc(F)cc(C)c2n1.Cc1cn2nc([B-](F)(F)F)cc(C)c2n1.FF.[H+].[H-].[K+].[K+]. The quantitative estimate of drug-likeness (QED) is 0.157. The van der Waals surface area contributed by atoms with Crippen LogP contribution in [0.3, 0.4) is 0 Å². The summed E-state index contributed by atoms with van der Waals surface area (Å²) in [5, 5.41) is 33.7. The van der Waals surface area contributed by atoms with Crippen LogP contribution >= 0.6 is 0 Å². The number of imidazole rings is 4. The summed E-state index contributed by atoms with van der Waals surface area (Å²) in [5.74, 6) is -0.475. The van der Waals surface area contributed by atoms with Crippen molar-refractivity contribution in [2.45, 2.75) is 94.3 Å². The van der Waals surface area contributed by atoms with Crippen molar-refractivity contribution in [1.29, 1.82) is 0 Å². The van der Waals surface area contributed by atoms with Crippen molar-refractivity contribution in [2.24, 2.45) is 0 Å². The first kappa shape index (κ1) is 56.7. The summed E-state index contributed by atoms with van der Waals surface area (Å²) < 4.78 is 84.2. The largest absolute Gasteiger partial charge is 1.00 e. The molecule has 27 heteroatoms. The van der Waals surface area contributed by atoms with E-state index in [1.807, 2.05) is 81.5 Å². The molecule has 8 aromatic rings. The molecule has 1 fully saturated rings. The second kappa shape index (κ2) is 22.6. The fraction of sp³-hybridized carbons (Fsp3) is 0.368. The summed E-state index contributed by atoms with van der Waals surface area (Å²) in [7, 11) is -1.98. The zero-order valence-corrected chi connectivity index (χ0v) is 44.9. The van der Waals surface area contributed by atoms with Crippen LogP contribution in [-0.4, -0.2) is 101 Å². The van der Waals surface area contributed by atoms with Crippen LogP contribution in [0.1, 0.15) is 75.6 Å². The number of aryl methyl sites for hydroxylation is 8. The van der Waals surface area contributed by atoms with Gasteiger partial charge in [-0.1, -0.05) is 6.07 Å². The van der Waals surface area contributed by atoms with Gasteiger partial charge in [-0.15, -0.1) is 5.10 Å². The van der Waals surface area contributed by atoms with E-state index in [0.717, 1.165) is 56.7 Å². The predicted octanol–water partition coefficient (Wildman–Crippen LogP) is -1.37. The van der Waals surface area contributed by atoms with E-state index in [1.165, 1.54) is 21.3 Å². The van der Waals surface area contributed by atoms with E-state index in [9.17, 15) is 17.3 Å². The normalized spacial score (nSPS) is 13.7. The smallest absolute Gasteiger partial charge is 1.00 e. The van der Waals surface area contributed by atoms with Crippen molar-refractivity contribution in [3.8, 4) is 0 Å². The molecule has 0 spiro atoms. The van der Waals surface area contributed by atoms with E-state index < -0.39 is 32.8 Å². The molecule has 8 aromatic heterocycles. The molecule has 0 aliphatic carbocycles. The van der Waals surface area contributed by atoms with Crippen molar-refractivity contribution in [3.05, 3.63) is 100 Å². The van der Waals surface area contributed by atoms with E-state index in [2.05, 4.69) is 40.3 Å². The van der Waals surface area contributed by atoms with Crippen molar-refractivity contribution in [3.63, 3.8) is 0 Å². The molecule has 0 aromatic carbocycles. The predicted molar refractivity (Wildman–Crippen MR) is 228 cm³/mol. The minimum absolute atomic E-state index is 0. The van der Waals surface area contributed by atoms with Gasteiger partial charge in [-0.05, 0) is 117 Å². The molecule has 1 saturated heterocycles. The molecule has 2 N–H and O–H groups in total. The number of nitrogens with zero attached hydrogens (tertiary/aromatic N) is 12. The molecular weight excluding hydrogens is 913 g/mol. The van der Waals surface area contributed by atoms with Crippen molar-refractivity contribution in [2.75, 3.05) is 0 Å². The van der Waals surface area contributed by atoms with E-state index >= 15 is 0 Å². The third-order valence-electron chi connectivity index (χ3n) is 10.0. The van der Waals surface area contributed by atoms with E-state index in [1.54, 1.807) is 41.3 Å². The summed E-state index contributed by atoms with van der Waals surface area (Å²) in [4.78, 5) is 17.0. The topological polar surface area (TPSA) is 180 Å². The van der Waals surface area contributed by atoms with Crippen LogP contribution in [-0.2, 0) is 9.31 Å². The zero-order valence-electron chi connectivity index (χ0n) is 40.7. The first-order valence-electron chi connectivity index (χ1n) is 19.4. The van der Waals surface area contributed by atoms with Gasteiger partial charge in [0.15, 0.2) is 22.6 Å². The van der Waals surface area contributed by atoms with Gasteiger partial charge in [-0.2, -0.15) is 14.6 Å². The van der Waals surface area contributed by atoms with Crippen LogP contribution in [0, 0.1) is 61.3 Å². The van der Waals surface area contributed by atoms with Gasteiger partial charge in [0, 0.05) is 20.8 Å². The number of halogens is 6. The molecule has 0 amide bonds. The van der Waals surface area contributed by atoms with Crippen LogP contribution in [0.4, 0.5) is 26.5 Å². The average molecular weight is 962 g/mol. The summed E-state index contributed by atoms with van der Waals surface area (Å²) in [6.45, 7) is 17.8. The fourth-order valence-electron chi connectivity index (χ4n) is 6.38. The Morgan fingerprint density at radius 3 is 1.35 bits per heavy atom. The Kier molecular flexibility index (Phi) is 19.8. The molecule has 336 valence electrons. The van der Waals surface area contributed by atoms with Crippen LogP contribution in [0.2, 0.25) is 0 Å². The molecule has 0 unspecified atom stereocenters. The Labute approximate surface area is 459 Å². The molecule has 9 heterocycles. The summed E-state index contributed by atoms with van der Waals surface area (Å²) in [6, 6.07) is 6.01. The Bertz CT molecular complexity index is 2910. The maximum atomic E-state index is 12.7. The van der Waals surface area contributed by atoms with Gasteiger partial charge >= 0.3 is 125 Å². The Morgan fingerprint density at radius 1 is 0.585 bits per heavy atom. The van der Waals surface area contributed by atoms with Gasteiger partial charge in [-0.3, -0.25) is 0 Å². The Balaban J connectivity index is 0.000000439. The van der Waals surface area contributed by atoms with E-state index in [4.69, 9.17) is 28.5 Å². The van der Waals surface area contributed by atoms with Gasteiger partial charge in [0.25, 0.3) is 0 Å². The average Bonchev–Trinajstić information content (AvgIpc) is 3.99. The minimum Gasteiger partial charge on any atom is -1.00 e. The van der Waals surface area contributed by atoms with Gasteiger partial charge in [0.1, 0.15) is 0 Å².